The Kier molecular flexibility index (Phi) is 4.40. The van der Waals surface area contributed by atoms with Crippen molar-refractivity contribution in [1.29, 1.82) is 0 Å². The maximum absolute atomic E-state index is 12.2. The van der Waals surface area contributed by atoms with Gasteiger partial charge in [-0.05, 0) is 18.3 Å². The summed E-state index contributed by atoms with van der Waals surface area (Å²) in [6.45, 7) is 11.1. The zero-order valence-electron chi connectivity index (χ0n) is 11.1. The lowest BCUT2D eigenvalue weighted by Gasteiger charge is -2.37. The van der Waals surface area contributed by atoms with Crippen molar-refractivity contribution in [2.24, 2.45) is 11.8 Å². The second-order valence-corrected chi connectivity index (χ2v) is 5.61. The Balaban J connectivity index is 1.79. The van der Waals surface area contributed by atoms with E-state index >= 15 is 0 Å². The van der Waals surface area contributed by atoms with Crippen molar-refractivity contribution in [2.75, 3.05) is 45.8 Å². The van der Waals surface area contributed by atoms with Gasteiger partial charge >= 0.3 is 0 Å². The molecule has 2 aliphatic heterocycles. The van der Waals surface area contributed by atoms with Crippen LogP contribution in [0.4, 0.5) is 0 Å². The third-order valence-corrected chi connectivity index (χ3v) is 4.26. The lowest BCUT2D eigenvalue weighted by molar-refractivity contribution is -0.134. The van der Waals surface area contributed by atoms with Gasteiger partial charge in [0.25, 0.3) is 0 Å². The van der Waals surface area contributed by atoms with E-state index in [1.54, 1.807) is 0 Å². The number of piperazine rings is 1. The molecule has 0 aliphatic carbocycles. The fourth-order valence-corrected chi connectivity index (χ4v) is 2.65. The summed E-state index contributed by atoms with van der Waals surface area (Å²) in [5.41, 5.74) is 0. The van der Waals surface area contributed by atoms with Crippen molar-refractivity contribution >= 4 is 5.91 Å². The number of hydrogen-bond donors (Lipinski definition) is 1. The van der Waals surface area contributed by atoms with Gasteiger partial charge in [-0.1, -0.05) is 13.8 Å². The molecule has 2 saturated heterocycles. The van der Waals surface area contributed by atoms with Crippen molar-refractivity contribution < 1.29 is 4.79 Å². The smallest absolute Gasteiger partial charge is 0.236 e. The highest BCUT2D eigenvalue weighted by atomic mass is 16.2. The van der Waals surface area contributed by atoms with E-state index < -0.39 is 0 Å². The Hall–Kier alpha value is -0.610. The van der Waals surface area contributed by atoms with E-state index in [4.69, 9.17) is 0 Å². The molecule has 2 atom stereocenters. The standard InChI is InChI=1S/C13H25N3O/c1-11-3-6-16(9-12(11)2)13(17)10-15-7-4-14-5-8-15/h11-12,14H,3-10H2,1-2H3. The lowest BCUT2D eigenvalue weighted by Crippen LogP contribution is -2.50. The van der Waals surface area contributed by atoms with Crippen LogP contribution in [0.3, 0.4) is 0 Å². The monoisotopic (exact) mass is 239 g/mol. The SMILES string of the molecule is CC1CCN(C(=O)CN2CCNCC2)CC1C. The van der Waals surface area contributed by atoms with E-state index in [1.807, 2.05) is 0 Å². The summed E-state index contributed by atoms with van der Waals surface area (Å²) in [6, 6.07) is 0. The molecule has 0 aromatic heterocycles. The average molecular weight is 239 g/mol. The highest BCUT2D eigenvalue weighted by Gasteiger charge is 2.26. The minimum absolute atomic E-state index is 0.325. The van der Waals surface area contributed by atoms with Crippen LogP contribution in [0.25, 0.3) is 0 Å². The first kappa shape index (κ1) is 12.8. The van der Waals surface area contributed by atoms with Gasteiger partial charge in [0.2, 0.25) is 5.91 Å². The Morgan fingerprint density at radius 3 is 2.53 bits per heavy atom. The minimum atomic E-state index is 0.325. The first-order valence-electron chi connectivity index (χ1n) is 6.87. The molecular formula is C13H25N3O. The highest BCUT2D eigenvalue weighted by molar-refractivity contribution is 5.78. The minimum Gasteiger partial charge on any atom is -0.341 e. The van der Waals surface area contributed by atoms with Gasteiger partial charge in [-0.15, -0.1) is 0 Å². The van der Waals surface area contributed by atoms with E-state index in [-0.39, 0.29) is 0 Å². The molecule has 2 fully saturated rings. The molecule has 2 heterocycles. The van der Waals surface area contributed by atoms with Crippen LogP contribution < -0.4 is 5.32 Å². The van der Waals surface area contributed by atoms with Crippen molar-refractivity contribution in [1.82, 2.24) is 15.1 Å². The van der Waals surface area contributed by atoms with Gasteiger partial charge < -0.3 is 10.2 Å². The molecule has 4 nitrogen and oxygen atoms in total. The van der Waals surface area contributed by atoms with Crippen LogP contribution in [-0.2, 0) is 4.79 Å². The fourth-order valence-electron chi connectivity index (χ4n) is 2.65. The van der Waals surface area contributed by atoms with E-state index in [2.05, 4.69) is 29.0 Å². The molecule has 17 heavy (non-hydrogen) atoms. The lowest BCUT2D eigenvalue weighted by atomic mass is 9.88. The summed E-state index contributed by atoms with van der Waals surface area (Å²) in [7, 11) is 0. The summed E-state index contributed by atoms with van der Waals surface area (Å²) in [6.07, 6.45) is 1.16. The van der Waals surface area contributed by atoms with Gasteiger partial charge in [-0.25, -0.2) is 0 Å². The molecule has 0 aromatic carbocycles. The number of piperidine rings is 1. The molecule has 4 heteroatoms. The molecule has 0 spiro atoms. The molecule has 2 rings (SSSR count). The predicted octanol–water partition coefficient (Wildman–Crippen LogP) is 0.396. The molecule has 2 aliphatic rings. The number of carbonyl (C=O) groups excluding carboxylic acids is 1. The van der Waals surface area contributed by atoms with Crippen LogP contribution in [0.5, 0.6) is 0 Å². The number of amides is 1. The summed E-state index contributed by atoms with van der Waals surface area (Å²) in [4.78, 5) is 16.5. The Labute approximate surface area is 104 Å². The summed E-state index contributed by atoms with van der Waals surface area (Å²) < 4.78 is 0. The van der Waals surface area contributed by atoms with Crippen LogP contribution >= 0.6 is 0 Å². The van der Waals surface area contributed by atoms with Crippen LogP contribution in [0.2, 0.25) is 0 Å². The van der Waals surface area contributed by atoms with Crippen molar-refractivity contribution in [3.63, 3.8) is 0 Å². The van der Waals surface area contributed by atoms with E-state index in [0.717, 1.165) is 51.6 Å². The number of carbonyl (C=O) groups is 1. The number of hydrogen-bond acceptors (Lipinski definition) is 3. The van der Waals surface area contributed by atoms with E-state index in [9.17, 15) is 4.79 Å². The van der Waals surface area contributed by atoms with Crippen molar-refractivity contribution in [3.05, 3.63) is 0 Å². The summed E-state index contributed by atoms with van der Waals surface area (Å²) >= 11 is 0. The van der Waals surface area contributed by atoms with Gasteiger partial charge in [-0.3, -0.25) is 9.69 Å². The second kappa shape index (κ2) is 5.83. The van der Waals surface area contributed by atoms with Crippen molar-refractivity contribution in [2.45, 2.75) is 20.3 Å². The maximum atomic E-state index is 12.2. The van der Waals surface area contributed by atoms with Gasteiger partial charge in [0.05, 0.1) is 6.54 Å². The molecular weight excluding hydrogens is 214 g/mol. The molecule has 2 unspecified atom stereocenters. The van der Waals surface area contributed by atoms with Crippen LogP contribution in [0.15, 0.2) is 0 Å². The van der Waals surface area contributed by atoms with E-state index in [0.29, 0.717) is 18.4 Å². The molecule has 1 amide bonds. The molecule has 98 valence electrons. The Morgan fingerprint density at radius 1 is 1.18 bits per heavy atom. The fraction of sp³-hybridized carbons (Fsp3) is 0.923. The number of rotatable bonds is 2. The first-order valence-corrected chi connectivity index (χ1v) is 6.87. The largest absolute Gasteiger partial charge is 0.341 e. The molecule has 0 saturated carbocycles. The zero-order chi connectivity index (χ0) is 12.3. The number of likely N-dealkylation sites (tertiary alicyclic amines) is 1. The third kappa shape index (κ3) is 3.42. The average Bonchev–Trinajstić information content (AvgIpc) is 2.34. The number of nitrogens with zero attached hydrogens (tertiary/aromatic N) is 2. The van der Waals surface area contributed by atoms with Gasteiger partial charge in [0, 0.05) is 39.3 Å². The summed E-state index contributed by atoms with van der Waals surface area (Å²) in [5.74, 6) is 1.74. The Bertz CT molecular complexity index is 263. The number of nitrogens with one attached hydrogen (secondary N) is 1. The quantitative estimate of drug-likeness (QED) is 0.757. The highest BCUT2D eigenvalue weighted by Crippen LogP contribution is 2.22. The topological polar surface area (TPSA) is 35.6 Å². The zero-order valence-corrected chi connectivity index (χ0v) is 11.1. The maximum Gasteiger partial charge on any atom is 0.236 e. The molecule has 0 aromatic rings. The van der Waals surface area contributed by atoms with E-state index in [1.165, 1.54) is 0 Å². The first-order chi connectivity index (χ1) is 8.16. The second-order valence-electron chi connectivity index (χ2n) is 5.61. The molecule has 0 bridgehead atoms. The van der Waals surface area contributed by atoms with Gasteiger partial charge in [0.15, 0.2) is 0 Å². The van der Waals surface area contributed by atoms with Crippen molar-refractivity contribution in [3.8, 4) is 0 Å². The van der Waals surface area contributed by atoms with Gasteiger partial charge in [-0.2, -0.15) is 0 Å². The normalized spacial score (nSPS) is 31.5. The summed E-state index contributed by atoms with van der Waals surface area (Å²) in [5, 5.41) is 3.31. The predicted molar refractivity (Wildman–Crippen MR) is 68.8 cm³/mol. The van der Waals surface area contributed by atoms with Gasteiger partial charge in [0.1, 0.15) is 0 Å². The molecule has 0 radical (unpaired) electrons. The van der Waals surface area contributed by atoms with Crippen LogP contribution in [0, 0.1) is 11.8 Å². The van der Waals surface area contributed by atoms with Crippen LogP contribution in [-0.4, -0.2) is 61.5 Å². The molecule has 1 N–H and O–H groups in total. The Morgan fingerprint density at radius 2 is 1.88 bits per heavy atom. The van der Waals surface area contributed by atoms with Crippen LogP contribution in [0.1, 0.15) is 20.3 Å². The third-order valence-electron chi connectivity index (χ3n) is 4.26.